The standard InChI is InChI=1S/C22H19F3N2O/c1-2-14-9-10-19-15(12-14)6-5-11-27(19)21(28)17-13-20(22(23,24)25)26-18-8-4-3-7-16(17)18/h3-4,7-10,12-13H,2,5-6,11H2,1H3. The normalized spacial score (nSPS) is 14.2. The number of pyridine rings is 1. The van der Waals surface area contributed by atoms with E-state index in [1.165, 1.54) is 11.6 Å². The number of hydrogen-bond donors (Lipinski definition) is 0. The Morgan fingerprint density at radius 3 is 2.68 bits per heavy atom. The van der Waals surface area contributed by atoms with Crippen LogP contribution in [0.15, 0.2) is 48.5 Å². The molecule has 0 fully saturated rings. The summed E-state index contributed by atoms with van der Waals surface area (Å²) in [5.74, 6) is -0.422. The monoisotopic (exact) mass is 384 g/mol. The Morgan fingerprint density at radius 2 is 1.93 bits per heavy atom. The average molecular weight is 384 g/mol. The Kier molecular flexibility index (Phi) is 4.57. The predicted molar refractivity (Wildman–Crippen MR) is 103 cm³/mol. The van der Waals surface area contributed by atoms with Gasteiger partial charge in [-0.2, -0.15) is 13.2 Å². The number of benzene rings is 2. The molecule has 0 atom stereocenters. The van der Waals surface area contributed by atoms with Crippen molar-refractivity contribution in [3.8, 4) is 0 Å². The zero-order chi connectivity index (χ0) is 19.9. The van der Waals surface area contributed by atoms with Crippen molar-refractivity contribution in [2.75, 3.05) is 11.4 Å². The number of carbonyl (C=O) groups excluding carboxylic acids is 1. The largest absolute Gasteiger partial charge is 0.433 e. The second-order valence-corrected chi connectivity index (χ2v) is 6.95. The highest BCUT2D eigenvalue weighted by Crippen LogP contribution is 2.34. The van der Waals surface area contributed by atoms with Crippen LogP contribution in [0.3, 0.4) is 0 Å². The molecule has 0 saturated carbocycles. The first-order valence-electron chi connectivity index (χ1n) is 9.29. The summed E-state index contributed by atoms with van der Waals surface area (Å²) in [5.41, 5.74) is 2.18. The minimum Gasteiger partial charge on any atom is -0.308 e. The van der Waals surface area contributed by atoms with Gasteiger partial charge in [0.2, 0.25) is 0 Å². The minimum absolute atomic E-state index is 0.0327. The summed E-state index contributed by atoms with van der Waals surface area (Å²) < 4.78 is 40.0. The van der Waals surface area contributed by atoms with Crippen LogP contribution in [0.2, 0.25) is 0 Å². The first-order chi connectivity index (χ1) is 13.4. The zero-order valence-electron chi connectivity index (χ0n) is 15.4. The quantitative estimate of drug-likeness (QED) is 0.592. The number of aryl methyl sites for hydroxylation is 2. The minimum atomic E-state index is -4.62. The maximum atomic E-state index is 13.3. The van der Waals surface area contributed by atoms with Gasteiger partial charge >= 0.3 is 6.18 Å². The van der Waals surface area contributed by atoms with E-state index in [1.807, 2.05) is 12.1 Å². The Balaban J connectivity index is 1.84. The van der Waals surface area contributed by atoms with Gasteiger partial charge in [0.1, 0.15) is 5.69 Å². The third-order valence-electron chi connectivity index (χ3n) is 5.15. The van der Waals surface area contributed by atoms with Gasteiger partial charge in [0.25, 0.3) is 5.91 Å². The van der Waals surface area contributed by atoms with Crippen LogP contribution >= 0.6 is 0 Å². The number of nitrogens with zero attached hydrogens (tertiary/aromatic N) is 2. The first-order valence-corrected chi connectivity index (χ1v) is 9.29. The molecule has 0 bridgehead atoms. The van der Waals surface area contributed by atoms with Crippen LogP contribution in [0.25, 0.3) is 10.9 Å². The van der Waals surface area contributed by atoms with Crippen LogP contribution in [-0.4, -0.2) is 17.4 Å². The van der Waals surface area contributed by atoms with Crippen LogP contribution < -0.4 is 4.90 Å². The molecular formula is C22H19F3N2O. The third kappa shape index (κ3) is 3.23. The molecule has 3 nitrogen and oxygen atoms in total. The maximum absolute atomic E-state index is 13.3. The summed E-state index contributed by atoms with van der Waals surface area (Å²) in [6, 6.07) is 13.3. The lowest BCUT2D eigenvalue weighted by Crippen LogP contribution is -2.36. The lowest BCUT2D eigenvalue weighted by atomic mass is 9.97. The van der Waals surface area contributed by atoms with Crippen LogP contribution in [-0.2, 0) is 19.0 Å². The highest BCUT2D eigenvalue weighted by atomic mass is 19.4. The molecule has 0 N–H and O–H groups in total. The van der Waals surface area contributed by atoms with E-state index in [-0.39, 0.29) is 11.1 Å². The Labute approximate surface area is 160 Å². The Bertz CT molecular complexity index is 1060. The Morgan fingerprint density at radius 1 is 1.14 bits per heavy atom. The summed E-state index contributed by atoms with van der Waals surface area (Å²) in [6.45, 7) is 2.55. The van der Waals surface area contributed by atoms with E-state index >= 15 is 0 Å². The predicted octanol–water partition coefficient (Wildman–Crippen LogP) is 5.41. The lowest BCUT2D eigenvalue weighted by molar-refractivity contribution is -0.140. The topological polar surface area (TPSA) is 33.2 Å². The van der Waals surface area contributed by atoms with E-state index in [1.54, 1.807) is 23.1 Å². The van der Waals surface area contributed by atoms with Gasteiger partial charge in [0.15, 0.2) is 0 Å². The number of anilines is 1. The molecule has 6 heteroatoms. The summed E-state index contributed by atoms with van der Waals surface area (Å²) in [4.78, 5) is 18.6. The number of hydrogen-bond acceptors (Lipinski definition) is 2. The van der Waals surface area contributed by atoms with E-state index in [0.717, 1.165) is 36.6 Å². The molecule has 0 aliphatic carbocycles. The van der Waals surface area contributed by atoms with Crippen LogP contribution in [0, 0.1) is 0 Å². The van der Waals surface area contributed by atoms with Crippen molar-refractivity contribution in [2.45, 2.75) is 32.4 Å². The summed E-state index contributed by atoms with van der Waals surface area (Å²) >= 11 is 0. The van der Waals surface area contributed by atoms with Crippen LogP contribution in [0.4, 0.5) is 18.9 Å². The number of halogens is 3. The molecule has 1 aliphatic rings. The number of para-hydroxylation sites is 1. The lowest BCUT2D eigenvalue weighted by Gasteiger charge is -2.30. The van der Waals surface area contributed by atoms with Gasteiger partial charge in [-0.3, -0.25) is 4.79 Å². The molecule has 2 aromatic carbocycles. The molecule has 0 radical (unpaired) electrons. The molecule has 0 spiro atoms. The highest BCUT2D eigenvalue weighted by molar-refractivity contribution is 6.14. The number of alkyl halides is 3. The summed E-state index contributed by atoms with van der Waals surface area (Å²) in [6.07, 6.45) is -2.08. The van der Waals surface area contributed by atoms with Crippen molar-refractivity contribution < 1.29 is 18.0 Å². The smallest absolute Gasteiger partial charge is 0.308 e. The summed E-state index contributed by atoms with van der Waals surface area (Å²) in [5, 5.41) is 0.429. The molecule has 2 heterocycles. The molecule has 0 unspecified atom stereocenters. The SMILES string of the molecule is CCc1ccc2c(c1)CCCN2C(=O)c1cc(C(F)(F)F)nc2ccccc12. The molecule has 28 heavy (non-hydrogen) atoms. The van der Waals surface area contributed by atoms with Gasteiger partial charge in [0, 0.05) is 17.6 Å². The molecule has 3 aromatic rings. The molecule has 1 amide bonds. The Hall–Kier alpha value is -2.89. The number of amides is 1. The molecule has 4 rings (SSSR count). The molecule has 1 aliphatic heterocycles. The first kappa shape index (κ1) is 18.5. The number of aromatic nitrogens is 1. The van der Waals surface area contributed by atoms with E-state index < -0.39 is 17.8 Å². The highest BCUT2D eigenvalue weighted by Gasteiger charge is 2.35. The van der Waals surface area contributed by atoms with E-state index in [2.05, 4.69) is 18.0 Å². The second-order valence-electron chi connectivity index (χ2n) is 6.95. The second kappa shape index (κ2) is 6.93. The summed E-state index contributed by atoms with van der Waals surface area (Å²) in [7, 11) is 0. The maximum Gasteiger partial charge on any atom is 0.433 e. The van der Waals surface area contributed by atoms with Crippen molar-refractivity contribution >= 4 is 22.5 Å². The fourth-order valence-corrected chi connectivity index (χ4v) is 3.72. The van der Waals surface area contributed by atoms with Crippen molar-refractivity contribution in [1.82, 2.24) is 4.98 Å². The van der Waals surface area contributed by atoms with Crippen LogP contribution in [0.5, 0.6) is 0 Å². The van der Waals surface area contributed by atoms with Gasteiger partial charge < -0.3 is 4.90 Å². The average Bonchev–Trinajstić information content (AvgIpc) is 2.70. The number of rotatable bonds is 2. The fourth-order valence-electron chi connectivity index (χ4n) is 3.72. The van der Waals surface area contributed by atoms with Crippen molar-refractivity contribution in [3.63, 3.8) is 0 Å². The van der Waals surface area contributed by atoms with Gasteiger partial charge in [-0.15, -0.1) is 0 Å². The molecule has 1 aromatic heterocycles. The van der Waals surface area contributed by atoms with E-state index in [9.17, 15) is 18.0 Å². The molecule has 0 saturated heterocycles. The molecular weight excluding hydrogens is 365 g/mol. The van der Waals surface area contributed by atoms with Gasteiger partial charge in [0.05, 0.1) is 11.1 Å². The van der Waals surface area contributed by atoms with Gasteiger partial charge in [-0.05, 0) is 48.6 Å². The fraction of sp³-hybridized carbons (Fsp3) is 0.273. The number of fused-ring (bicyclic) bond motifs is 2. The third-order valence-corrected chi connectivity index (χ3v) is 5.15. The molecule has 144 valence electrons. The van der Waals surface area contributed by atoms with Crippen LogP contribution in [0.1, 0.15) is 40.5 Å². The van der Waals surface area contributed by atoms with E-state index in [4.69, 9.17) is 0 Å². The van der Waals surface area contributed by atoms with Crippen molar-refractivity contribution in [2.24, 2.45) is 0 Å². The number of carbonyl (C=O) groups is 1. The van der Waals surface area contributed by atoms with Gasteiger partial charge in [-0.25, -0.2) is 4.98 Å². The van der Waals surface area contributed by atoms with Crippen molar-refractivity contribution in [1.29, 1.82) is 0 Å². The zero-order valence-corrected chi connectivity index (χ0v) is 15.4. The van der Waals surface area contributed by atoms with Gasteiger partial charge in [-0.1, -0.05) is 37.3 Å². The van der Waals surface area contributed by atoms with Crippen molar-refractivity contribution in [3.05, 3.63) is 70.9 Å². The van der Waals surface area contributed by atoms with E-state index in [0.29, 0.717) is 11.9 Å².